The van der Waals surface area contributed by atoms with Crippen LogP contribution in [-0.2, 0) is 9.59 Å². The number of likely N-dealkylation sites (tertiary alicyclic amines) is 1. The monoisotopic (exact) mass is 244 g/mol. The highest BCUT2D eigenvalue weighted by molar-refractivity contribution is 8.02. The minimum absolute atomic E-state index is 0.157. The van der Waals surface area contributed by atoms with E-state index in [2.05, 4.69) is 10.2 Å². The highest BCUT2D eigenvalue weighted by Gasteiger charge is 2.37. The number of hydrogen-bond donors (Lipinski definition) is 1. The van der Waals surface area contributed by atoms with Gasteiger partial charge in [0, 0.05) is 13.5 Å². The van der Waals surface area contributed by atoms with Gasteiger partial charge in [-0.3, -0.25) is 14.5 Å². The molecule has 2 heterocycles. The van der Waals surface area contributed by atoms with E-state index in [0.717, 1.165) is 4.90 Å². The number of carbonyl (C=O) groups excluding carboxylic acids is 2. The lowest BCUT2D eigenvalue weighted by atomic mass is 10.4. The second-order valence-electron chi connectivity index (χ2n) is 3.01. The number of anilines is 1. The fourth-order valence-corrected chi connectivity index (χ4v) is 3.16. The molecule has 8 heteroatoms. The Morgan fingerprint density at radius 1 is 1.53 bits per heavy atom. The van der Waals surface area contributed by atoms with Crippen molar-refractivity contribution in [1.82, 2.24) is 15.1 Å². The third kappa shape index (κ3) is 1.95. The maximum Gasteiger partial charge on any atom is 0.243 e. The predicted octanol–water partition coefficient (Wildman–Crippen LogP) is -0.0303. The van der Waals surface area contributed by atoms with Crippen LogP contribution in [0.3, 0.4) is 0 Å². The molecule has 0 saturated carbocycles. The highest BCUT2D eigenvalue weighted by atomic mass is 32.2. The molecule has 2 amide bonds. The van der Waals surface area contributed by atoms with Crippen molar-refractivity contribution in [2.75, 3.05) is 12.8 Å². The van der Waals surface area contributed by atoms with Crippen molar-refractivity contribution in [1.29, 1.82) is 0 Å². The van der Waals surface area contributed by atoms with Crippen LogP contribution in [0.4, 0.5) is 5.13 Å². The zero-order valence-corrected chi connectivity index (χ0v) is 9.47. The van der Waals surface area contributed by atoms with Gasteiger partial charge in [0.05, 0.1) is 5.25 Å². The molecular formula is C7H8N4O2S2. The molecule has 0 bridgehead atoms. The number of nitrogen functional groups attached to an aromatic ring is 1. The number of imide groups is 1. The summed E-state index contributed by atoms with van der Waals surface area (Å²) in [5, 5.41) is 7.41. The van der Waals surface area contributed by atoms with E-state index in [4.69, 9.17) is 5.73 Å². The van der Waals surface area contributed by atoms with Gasteiger partial charge in [0.2, 0.25) is 16.9 Å². The lowest BCUT2D eigenvalue weighted by Gasteiger charge is -2.05. The highest BCUT2D eigenvalue weighted by Crippen LogP contribution is 2.32. The summed E-state index contributed by atoms with van der Waals surface area (Å²) < 4.78 is 0.619. The maximum atomic E-state index is 11.5. The molecule has 1 aromatic heterocycles. The molecule has 6 nitrogen and oxygen atoms in total. The second-order valence-corrected chi connectivity index (χ2v) is 5.47. The van der Waals surface area contributed by atoms with Gasteiger partial charge in [0.25, 0.3) is 0 Å². The fraction of sp³-hybridized carbons (Fsp3) is 0.429. The van der Waals surface area contributed by atoms with Gasteiger partial charge in [0.15, 0.2) is 4.34 Å². The van der Waals surface area contributed by atoms with Crippen molar-refractivity contribution < 1.29 is 9.59 Å². The van der Waals surface area contributed by atoms with Crippen molar-refractivity contribution in [2.24, 2.45) is 0 Å². The Morgan fingerprint density at radius 2 is 2.27 bits per heavy atom. The Morgan fingerprint density at radius 3 is 2.73 bits per heavy atom. The number of nitrogens with two attached hydrogens (primary N) is 1. The van der Waals surface area contributed by atoms with Gasteiger partial charge in [-0.25, -0.2) is 0 Å². The largest absolute Gasteiger partial charge is 0.374 e. The standard InChI is InChI=1S/C7H8N4O2S2/c1-11-4(12)2-3(5(11)13)14-7-10-9-6(8)15-7/h3H,2H2,1H3,(H2,8,9). The van der Waals surface area contributed by atoms with Crippen LogP contribution in [0.2, 0.25) is 0 Å². The zero-order valence-electron chi connectivity index (χ0n) is 7.84. The van der Waals surface area contributed by atoms with Crippen LogP contribution in [0.15, 0.2) is 4.34 Å². The van der Waals surface area contributed by atoms with Gasteiger partial charge in [-0.2, -0.15) is 0 Å². The van der Waals surface area contributed by atoms with Crippen LogP contribution in [-0.4, -0.2) is 39.2 Å². The molecule has 1 unspecified atom stereocenters. The first kappa shape index (κ1) is 10.4. The molecule has 0 aliphatic carbocycles. The molecule has 1 fully saturated rings. The summed E-state index contributed by atoms with van der Waals surface area (Å²) in [4.78, 5) is 23.9. The number of hydrogen-bond acceptors (Lipinski definition) is 7. The molecule has 1 aliphatic rings. The summed E-state index contributed by atoms with van der Waals surface area (Å²) in [5.74, 6) is -0.339. The smallest absolute Gasteiger partial charge is 0.243 e. The van der Waals surface area contributed by atoms with E-state index in [-0.39, 0.29) is 23.5 Å². The predicted molar refractivity (Wildman–Crippen MR) is 56.4 cm³/mol. The van der Waals surface area contributed by atoms with E-state index in [1.807, 2.05) is 0 Å². The average molecular weight is 244 g/mol. The molecule has 0 aromatic carbocycles. The van der Waals surface area contributed by atoms with Crippen molar-refractivity contribution in [2.45, 2.75) is 16.0 Å². The number of carbonyl (C=O) groups is 2. The van der Waals surface area contributed by atoms with Gasteiger partial charge in [-0.1, -0.05) is 23.1 Å². The number of thioether (sulfide) groups is 1. The maximum absolute atomic E-state index is 11.5. The molecular weight excluding hydrogens is 236 g/mol. The summed E-state index contributed by atoms with van der Waals surface area (Å²) in [6.07, 6.45) is 0.222. The molecule has 1 saturated heterocycles. The molecule has 80 valence electrons. The Balaban J connectivity index is 2.08. The van der Waals surface area contributed by atoms with E-state index in [0.29, 0.717) is 9.47 Å². The first-order chi connectivity index (χ1) is 7.08. The first-order valence-electron chi connectivity index (χ1n) is 4.14. The Labute approximate surface area is 93.8 Å². The van der Waals surface area contributed by atoms with Crippen LogP contribution >= 0.6 is 23.1 Å². The van der Waals surface area contributed by atoms with E-state index >= 15 is 0 Å². The summed E-state index contributed by atoms with van der Waals surface area (Å²) in [6.45, 7) is 0. The first-order valence-corrected chi connectivity index (χ1v) is 5.83. The van der Waals surface area contributed by atoms with Gasteiger partial charge in [-0.05, 0) is 0 Å². The third-order valence-corrected chi connectivity index (χ3v) is 4.03. The van der Waals surface area contributed by atoms with Crippen molar-refractivity contribution in [3.63, 3.8) is 0 Å². The van der Waals surface area contributed by atoms with Gasteiger partial charge in [-0.15, -0.1) is 10.2 Å². The molecule has 0 spiro atoms. The minimum Gasteiger partial charge on any atom is -0.374 e. The number of amides is 2. The molecule has 15 heavy (non-hydrogen) atoms. The number of aromatic nitrogens is 2. The van der Waals surface area contributed by atoms with E-state index < -0.39 is 0 Å². The molecule has 1 aliphatic heterocycles. The van der Waals surface area contributed by atoms with E-state index in [9.17, 15) is 9.59 Å². The minimum atomic E-state index is -0.380. The normalized spacial score (nSPS) is 21.4. The SMILES string of the molecule is CN1C(=O)CC(Sc2nnc(N)s2)C1=O. The summed E-state index contributed by atoms with van der Waals surface area (Å²) in [5.41, 5.74) is 5.41. The van der Waals surface area contributed by atoms with E-state index in [1.54, 1.807) is 0 Å². The second kappa shape index (κ2) is 3.78. The van der Waals surface area contributed by atoms with Crippen molar-refractivity contribution >= 4 is 40.0 Å². The Kier molecular flexibility index (Phi) is 2.61. The molecule has 1 atom stereocenters. The molecule has 2 rings (SSSR count). The molecule has 1 aromatic rings. The van der Waals surface area contributed by atoms with Gasteiger partial charge >= 0.3 is 0 Å². The Bertz CT molecular complexity index is 419. The lowest BCUT2D eigenvalue weighted by molar-refractivity contribution is -0.136. The molecule has 2 N–H and O–H groups in total. The number of nitrogens with zero attached hydrogens (tertiary/aromatic N) is 3. The lowest BCUT2D eigenvalue weighted by Crippen LogP contribution is -2.26. The van der Waals surface area contributed by atoms with Gasteiger partial charge < -0.3 is 5.73 Å². The third-order valence-electron chi connectivity index (χ3n) is 2.01. The quantitative estimate of drug-likeness (QED) is 0.735. The average Bonchev–Trinajstić information content (AvgIpc) is 2.68. The summed E-state index contributed by atoms with van der Waals surface area (Å²) in [6, 6.07) is 0. The van der Waals surface area contributed by atoms with Crippen LogP contribution in [0.5, 0.6) is 0 Å². The van der Waals surface area contributed by atoms with Crippen LogP contribution < -0.4 is 5.73 Å². The van der Waals surface area contributed by atoms with E-state index in [1.165, 1.54) is 30.1 Å². The Hall–Kier alpha value is -1.15. The zero-order chi connectivity index (χ0) is 11.0. The van der Waals surface area contributed by atoms with Crippen LogP contribution in [0.25, 0.3) is 0 Å². The fourth-order valence-electron chi connectivity index (χ4n) is 1.20. The van der Waals surface area contributed by atoms with Crippen LogP contribution in [0, 0.1) is 0 Å². The topological polar surface area (TPSA) is 89.2 Å². The van der Waals surface area contributed by atoms with Gasteiger partial charge in [0.1, 0.15) is 0 Å². The summed E-state index contributed by atoms with van der Waals surface area (Å²) >= 11 is 2.46. The van der Waals surface area contributed by atoms with Crippen molar-refractivity contribution in [3.05, 3.63) is 0 Å². The van der Waals surface area contributed by atoms with Crippen molar-refractivity contribution in [3.8, 4) is 0 Å². The number of rotatable bonds is 2. The van der Waals surface area contributed by atoms with Crippen LogP contribution in [0.1, 0.15) is 6.42 Å². The molecule has 0 radical (unpaired) electrons. The summed E-state index contributed by atoms with van der Waals surface area (Å²) in [7, 11) is 1.49.